The van der Waals surface area contributed by atoms with Crippen LogP contribution in [0.1, 0.15) is 54.5 Å². The van der Waals surface area contributed by atoms with E-state index in [-0.39, 0.29) is 0 Å². The van der Waals surface area contributed by atoms with E-state index in [2.05, 4.69) is 25.2 Å². The summed E-state index contributed by atoms with van der Waals surface area (Å²) in [6.45, 7) is 6.82. The highest BCUT2D eigenvalue weighted by molar-refractivity contribution is 7.12. The normalized spacial score (nSPS) is 17.2. The number of aryl methyl sites for hydroxylation is 2. The first-order valence-electron chi connectivity index (χ1n) is 7.27. The highest BCUT2D eigenvalue weighted by Gasteiger charge is 2.18. The van der Waals surface area contributed by atoms with Crippen LogP contribution in [0.5, 0.6) is 0 Å². The van der Waals surface area contributed by atoms with E-state index in [1.165, 1.54) is 37.0 Å². The molecule has 0 aliphatic heterocycles. The molecule has 1 heterocycles. The van der Waals surface area contributed by atoms with Crippen LogP contribution in [0.2, 0.25) is 0 Å². The molecule has 1 atom stereocenters. The molecule has 0 fully saturated rings. The Kier molecular flexibility index (Phi) is 5.67. The molecule has 18 heavy (non-hydrogen) atoms. The van der Waals surface area contributed by atoms with Crippen molar-refractivity contribution in [1.82, 2.24) is 5.32 Å². The Morgan fingerprint density at radius 3 is 2.89 bits per heavy atom. The van der Waals surface area contributed by atoms with Crippen molar-refractivity contribution >= 4 is 11.3 Å². The predicted molar refractivity (Wildman–Crippen MR) is 78.5 cm³/mol. The summed E-state index contributed by atoms with van der Waals surface area (Å²) in [6, 6.07) is 2.81. The molecule has 0 saturated heterocycles. The summed E-state index contributed by atoms with van der Waals surface area (Å²) in [7, 11) is 0. The van der Waals surface area contributed by atoms with Crippen molar-refractivity contribution in [2.75, 3.05) is 19.8 Å². The molecule has 0 aromatic carbocycles. The first-order valence-corrected chi connectivity index (χ1v) is 8.09. The van der Waals surface area contributed by atoms with Gasteiger partial charge in [0.25, 0.3) is 0 Å². The highest BCUT2D eigenvalue weighted by Crippen LogP contribution is 2.32. The number of hydrogen-bond acceptors (Lipinski definition) is 3. The van der Waals surface area contributed by atoms with Crippen LogP contribution >= 0.6 is 11.3 Å². The van der Waals surface area contributed by atoms with E-state index in [4.69, 9.17) is 4.74 Å². The van der Waals surface area contributed by atoms with Crippen molar-refractivity contribution in [3.05, 3.63) is 21.4 Å². The fourth-order valence-electron chi connectivity index (χ4n) is 2.59. The summed E-state index contributed by atoms with van der Waals surface area (Å²) in [5, 5.41) is 3.54. The van der Waals surface area contributed by atoms with Gasteiger partial charge in [-0.1, -0.05) is 13.3 Å². The van der Waals surface area contributed by atoms with Crippen LogP contribution in [0.3, 0.4) is 0 Å². The monoisotopic (exact) mass is 267 g/mol. The molecule has 1 aliphatic rings. The molecule has 0 spiro atoms. The number of nitrogens with one attached hydrogen (secondary N) is 1. The third-order valence-corrected chi connectivity index (χ3v) is 4.90. The van der Waals surface area contributed by atoms with Crippen LogP contribution in [0.15, 0.2) is 6.07 Å². The molecule has 1 aliphatic carbocycles. The Morgan fingerprint density at radius 1 is 1.28 bits per heavy atom. The quantitative estimate of drug-likeness (QED) is 0.793. The van der Waals surface area contributed by atoms with Gasteiger partial charge in [-0.05, 0) is 50.8 Å². The van der Waals surface area contributed by atoms with Crippen molar-refractivity contribution in [2.45, 2.75) is 52.0 Å². The second-order valence-electron chi connectivity index (χ2n) is 4.93. The van der Waals surface area contributed by atoms with E-state index in [0.29, 0.717) is 6.04 Å². The molecule has 3 heteroatoms. The van der Waals surface area contributed by atoms with Crippen LogP contribution in [-0.4, -0.2) is 19.8 Å². The van der Waals surface area contributed by atoms with Crippen molar-refractivity contribution in [3.63, 3.8) is 0 Å². The zero-order chi connectivity index (χ0) is 12.8. The number of ether oxygens (including phenoxy) is 1. The fourth-order valence-corrected chi connectivity index (χ4v) is 3.90. The van der Waals surface area contributed by atoms with Gasteiger partial charge in [0.15, 0.2) is 0 Å². The number of rotatable bonds is 6. The van der Waals surface area contributed by atoms with Crippen LogP contribution in [0.4, 0.5) is 0 Å². The largest absolute Gasteiger partial charge is 0.380 e. The molecule has 1 N–H and O–H groups in total. The Balaban J connectivity index is 2.09. The van der Waals surface area contributed by atoms with Gasteiger partial charge in [0, 0.05) is 16.4 Å². The molecule has 1 aromatic rings. The number of likely N-dealkylation sites (N-methyl/N-ethyl adjacent to an activating group) is 1. The van der Waals surface area contributed by atoms with E-state index in [9.17, 15) is 0 Å². The SMILES string of the molecule is CCNC(COCC)c1cc2c(s1)CCCCC2. The van der Waals surface area contributed by atoms with Gasteiger partial charge < -0.3 is 10.1 Å². The molecule has 1 aromatic heterocycles. The van der Waals surface area contributed by atoms with E-state index in [1.54, 1.807) is 10.4 Å². The Bertz CT molecular complexity index is 338. The second kappa shape index (κ2) is 7.27. The Hall–Kier alpha value is -0.380. The van der Waals surface area contributed by atoms with Crippen molar-refractivity contribution < 1.29 is 4.74 Å². The lowest BCUT2D eigenvalue weighted by molar-refractivity contribution is 0.124. The lowest BCUT2D eigenvalue weighted by Crippen LogP contribution is -2.24. The number of fused-ring (bicyclic) bond motifs is 1. The van der Waals surface area contributed by atoms with Crippen LogP contribution in [0, 0.1) is 0 Å². The molecule has 0 amide bonds. The molecular weight excluding hydrogens is 242 g/mol. The van der Waals surface area contributed by atoms with Crippen molar-refractivity contribution in [2.24, 2.45) is 0 Å². The minimum absolute atomic E-state index is 0.381. The van der Waals surface area contributed by atoms with Gasteiger partial charge in [-0.2, -0.15) is 0 Å². The summed E-state index contributed by atoms with van der Waals surface area (Å²) in [4.78, 5) is 3.10. The maximum absolute atomic E-state index is 5.60. The standard InChI is InChI=1S/C15H25NOS/c1-3-16-13(11-17-4-2)15-10-12-8-6-5-7-9-14(12)18-15/h10,13,16H,3-9,11H2,1-2H3. The zero-order valence-electron chi connectivity index (χ0n) is 11.6. The smallest absolute Gasteiger partial charge is 0.0669 e. The molecular formula is C15H25NOS. The lowest BCUT2D eigenvalue weighted by atomic mass is 10.1. The number of thiophene rings is 1. The molecule has 2 nitrogen and oxygen atoms in total. The van der Waals surface area contributed by atoms with Gasteiger partial charge >= 0.3 is 0 Å². The lowest BCUT2D eigenvalue weighted by Gasteiger charge is -2.16. The van der Waals surface area contributed by atoms with Gasteiger partial charge in [-0.25, -0.2) is 0 Å². The fraction of sp³-hybridized carbons (Fsp3) is 0.733. The van der Waals surface area contributed by atoms with E-state index < -0.39 is 0 Å². The third-order valence-electron chi connectivity index (χ3n) is 3.55. The van der Waals surface area contributed by atoms with Gasteiger partial charge in [-0.3, -0.25) is 0 Å². The molecule has 2 rings (SSSR count). The van der Waals surface area contributed by atoms with E-state index in [1.807, 2.05) is 11.3 Å². The van der Waals surface area contributed by atoms with Gasteiger partial charge in [0.05, 0.1) is 12.6 Å². The predicted octanol–water partition coefficient (Wildman–Crippen LogP) is 3.70. The average molecular weight is 267 g/mol. The first kappa shape index (κ1) is 14.0. The molecule has 1 unspecified atom stereocenters. The summed E-state index contributed by atoms with van der Waals surface area (Å²) >= 11 is 2.00. The highest BCUT2D eigenvalue weighted by atomic mass is 32.1. The maximum atomic E-state index is 5.60. The Morgan fingerprint density at radius 2 is 2.11 bits per heavy atom. The minimum atomic E-state index is 0.381. The molecule has 0 radical (unpaired) electrons. The van der Waals surface area contributed by atoms with Crippen LogP contribution in [-0.2, 0) is 17.6 Å². The van der Waals surface area contributed by atoms with Crippen LogP contribution in [0.25, 0.3) is 0 Å². The van der Waals surface area contributed by atoms with Crippen LogP contribution < -0.4 is 5.32 Å². The summed E-state index contributed by atoms with van der Waals surface area (Å²) in [5.74, 6) is 0. The average Bonchev–Trinajstić information content (AvgIpc) is 2.66. The number of hydrogen-bond donors (Lipinski definition) is 1. The minimum Gasteiger partial charge on any atom is -0.380 e. The first-order chi connectivity index (χ1) is 8.85. The zero-order valence-corrected chi connectivity index (χ0v) is 12.4. The topological polar surface area (TPSA) is 21.3 Å². The van der Waals surface area contributed by atoms with E-state index in [0.717, 1.165) is 19.8 Å². The van der Waals surface area contributed by atoms with Gasteiger partial charge in [0.1, 0.15) is 0 Å². The second-order valence-corrected chi connectivity index (χ2v) is 6.10. The van der Waals surface area contributed by atoms with E-state index >= 15 is 0 Å². The maximum Gasteiger partial charge on any atom is 0.0669 e. The molecule has 0 bridgehead atoms. The van der Waals surface area contributed by atoms with Crippen molar-refractivity contribution in [1.29, 1.82) is 0 Å². The van der Waals surface area contributed by atoms with Gasteiger partial charge in [0.2, 0.25) is 0 Å². The van der Waals surface area contributed by atoms with Crippen molar-refractivity contribution in [3.8, 4) is 0 Å². The molecule has 0 saturated carbocycles. The third kappa shape index (κ3) is 3.56. The summed E-state index contributed by atoms with van der Waals surface area (Å²) < 4.78 is 5.60. The molecule has 102 valence electrons. The summed E-state index contributed by atoms with van der Waals surface area (Å²) in [5.41, 5.74) is 1.60. The summed E-state index contributed by atoms with van der Waals surface area (Å²) in [6.07, 6.45) is 6.68. The van der Waals surface area contributed by atoms with Gasteiger partial charge in [-0.15, -0.1) is 11.3 Å². The Labute approximate surface area is 115 Å².